The first kappa shape index (κ1) is 18.9. The van der Waals surface area contributed by atoms with Gasteiger partial charge in [0.15, 0.2) is 5.96 Å². The van der Waals surface area contributed by atoms with E-state index < -0.39 is 0 Å². The van der Waals surface area contributed by atoms with Gasteiger partial charge in [-0.15, -0.1) is 0 Å². The molecule has 0 aliphatic carbocycles. The van der Waals surface area contributed by atoms with E-state index in [9.17, 15) is 0 Å². The molecule has 3 heterocycles. The number of nitrogens with one attached hydrogen (secondary N) is 2. The summed E-state index contributed by atoms with van der Waals surface area (Å²) in [7, 11) is 1.79. The van der Waals surface area contributed by atoms with E-state index in [1.807, 2.05) is 12.3 Å². The lowest BCUT2D eigenvalue weighted by molar-refractivity contribution is 0.0243. The average molecular weight is 361 g/mol. The first-order valence-corrected chi connectivity index (χ1v) is 9.48. The minimum atomic E-state index is -0.0888. The Hall–Kier alpha value is -1.86. The molecular weight excluding hydrogens is 330 g/mol. The standard InChI is InChI=1S/C19H31N5O2/c1-15-13-24(8-10-25-15)17-11-16(5-7-21-17)12-22-18(20-3)23-14-19(2)6-4-9-26-19/h5,7,11,15H,4,6,8-10,12-14H2,1-3H3,(H2,20,22,23). The molecule has 0 aromatic carbocycles. The van der Waals surface area contributed by atoms with Crippen molar-refractivity contribution in [2.75, 3.05) is 44.8 Å². The zero-order valence-corrected chi connectivity index (χ0v) is 16.1. The van der Waals surface area contributed by atoms with Gasteiger partial charge in [-0.3, -0.25) is 4.99 Å². The molecule has 2 saturated heterocycles. The van der Waals surface area contributed by atoms with Gasteiger partial charge in [0.05, 0.1) is 18.3 Å². The number of ether oxygens (including phenoxy) is 2. The molecule has 2 atom stereocenters. The Morgan fingerprint density at radius 3 is 3.04 bits per heavy atom. The van der Waals surface area contributed by atoms with Crippen LogP contribution >= 0.6 is 0 Å². The molecule has 144 valence electrons. The Kier molecular flexibility index (Phi) is 6.32. The smallest absolute Gasteiger partial charge is 0.191 e. The highest BCUT2D eigenvalue weighted by Gasteiger charge is 2.29. The van der Waals surface area contributed by atoms with E-state index in [1.54, 1.807) is 7.05 Å². The summed E-state index contributed by atoms with van der Waals surface area (Å²) in [5.41, 5.74) is 1.09. The molecule has 2 fully saturated rings. The quantitative estimate of drug-likeness (QED) is 0.612. The number of aliphatic imine (C=N–C) groups is 1. The third-order valence-corrected chi connectivity index (χ3v) is 4.99. The van der Waals surface area contributed by atoms with Gasteiger partial charge < -0.3 is 25.0 Å². The number of morpholine rings is 1. The summed E-state index contributed by atoms with van der Waals surface area (Å²) in [5.74, 6) is 1.80. The molecule has 26 heavy (non-hydrogen) atoms. The van der Waals surface area contributed by atoms with Crippen molar-refractivity contribution >= 4 is 11.8 Å². The Labute approximate surface area is 156 Å². The van der Waals surface area contributed by atoms with Crippen LogP contribution in [0.3, 0.4) is 0 Å². The molecule has 0 saturated carbocycles. The average Bonchev–Trinajstić information content (AvgIpc) is 3.09. The number of hydrogen-bond acceptors (Lipinski definition) is 5. The van der Waals surface area contributed by atoms with Crippen molar-refractivity contribution in [1.82, 2.24) is 15.6 Å². The molecule has 0 amide bonds. The summed E-state index contributed by atoms with van der Waals surface area (Å²) in [5, 5.41) is 6.76. The Morgan fingerprint density at radius 2 is 2.31 bits per heavy atom. The summed E-state index contributed by atoms with van der Waals surface area (Å²) < 4.78 is 11.4. The maximum atomic E-state index is 5.82. The van der Waals surface area contributed by atoms with Crippen molar-refractivity contribution in [3.05, 3.63) is 23.9 Å². The SMILES string of the molecule is CN=C(NCc1ccnc(N2CCOC(C)C2)c1)NCC1(C)CCCO1. The van der Waals surface area contributed by atoms with Crippen molar-refractivity contribution in [1.29, 1.82) is 0 Å². The Morgan fingerprint density at radius 1 is 1.42 bits per heavy atom. The lowest BCUT2D eigenvalue weighted by atomic mass is 10.0. The molecule has 0 spiro atoms. The van der Waals surface area contributed by atoms with Crippen molar-refractivity contribution in [2.45, 2.75) is 44.9 Å². The molecule has 0 radical (unpaired) electrons. The second-order valence-electron chi connectivity index (χ2n) is 7.33. The largest absolute Gasteiger partial charge is 0.375 e. The van der Waals surface area contributed by atoms with Gasteiger partial charge >= 0.3 is 0 Å². The first-order chi connectivity index (χ1) is 12.6. The normalized spacial score (nSPS) is 26.8. The van der Waals surface area contributed by atoms with Crippen molar-refractivity contribution < 1.29 is 9.47 Å². The van der Waals surface area contributed by atoms with Crippen molar-refractivity contribution in [3.63, 3.8) is 0 Å². The van der Waals surface area contributed by atoms with Gasteiger partial charge in [-0.05, 0) is 44.4 Å². The number of hydrogen-bond donors (Lipinski definition) is 2. The van der Waals surface area contributed by atoms with Crippen LogP contribution in [-0.2, 0) is 16.0 Å². The fourth-order valence-electron chi connectivity index (χ4n) is 3.42. The zero-order chi connectivity index (χ0) is 18.4. The highest BCUT2D eigenvalue weighted by atomic mass is 16.5. The first-order valence-electron chi connectivity index (χ1n) is 9.48. The van der Waals surface area contributed by atoms with Crippen LogP contribution in [-0.4, -0.2) is 62.5 Å². The maximum Gasteiger partial charge on any atom is 0.191 e. The Bertz CT molecular complexity index is 616. The molecule has 2 aliphatic heterocycles. The number of aromatic nitrogens is 1. The fraction of sp³-hybridized carbons (Fsp3) is 0.684. The van der Waals surface area contributed by atoms with Crippen LogP contribution in [0.4, 0.5) is 5.82 Å². The van der Waals surface area contributed by atoms with E-state index in [1.165, 1.54) is 5.56 Å². The second-order valence-corrected chi connectivity index (χ2v) is 7.33. The van der Waals surface area contributed by atoms with Gasteiger partial charge in [-0.2, -0.15) is 0 Å². The molecule has 1 aromatic rings. The topological polar surface area (TPSA) is 71.0 Å². The van der Waals surface area contributed by atoms with Crippen LogP contribution in [0.15, 0.2) is 23.3 Å². The van der Waals surface area contributed by atoms with Gasteiger partial charge in [0, 0.05) is 46.0 Å². The predicted molar refractivity (Wildman–Crippen MR) is 104 cm³/mol. The second kappa shape index (κ2) is 8.68. The monoisotopic (exact) mass is 361 g/mol. The van der Waals surface area contributed by atoms with E-state index in [2.05, 4.69) is 45.4 Å². The highest BCUT2D eigenvalue weighted by Crippen LogP contribution is 2.23. The van der Waals surface area contributed by atoms with Crippen LogP contribution < -0.4 is 15.5 Å². The number of rotatable bonds is 5. The minimum absolute atomic E-state index is 0.0888. The molecule has 2 N–H and O–H groups in total. The fourth-order valence-corrected chi connectivity index (χ4v) is 3.42. The van der Waals surface area contributed by atoms with E-state index in [0.29, 0.717) is 6.54 Å². The van der Waals surface area contributed by atoms with Crippen LogP contribution in [0.2, 0.25) is 0 Å². The number of pyridine rings is 1. The van der Waals surface area contributed by atoms with Crippen LogP contribution in [0.1, 0.15) is 32.3 Å². The van der Waals surface area contributed by atoms with Crippen LogP contribution in [0.5, 0.6) is 0 Å². The molecule has 1 aromatic heterocycles. The van der Waals surface area contributed by atoms with E-state index in [4.69, 9.17) is 9.47 Å². The number of guanidine groups is 1. The summed E-state index contributed by atoms with van der Waals surface area (Å²) in [6, 6.07) is 4.18. The summed E-state index contributed by atoms with van der Waals surface area (Å²) in [6.07, 6.45) is 4.33. The van der Waals surface area contributed by atoms with Gasteiger partial charge in [0.2, 0.25) is 0 Å². The lowest BCUT2D eigenvalue weighted by Crippen LogP contribution is -2.45. The molecule has 7 heteroatoms. The Balaban J connectivity index is 1.52. The third-order valence-electron chi connectivity index (χ3n) is 4.99. The highest BCUT2D eigenvalue weighted by molar-refractivity contribution is 5.79. The van der Waals surface area contributed by atoms with Crippen LogP contribution in [0, 0.1) is 0 Å². The zero-order valence-electron chi connectivity index (χ0n) is 16.1. The minimum Gasteiger partial charge on any atom is -0.375 e. The summed E-state index contributed by atoms with van der Waals surface area (Å²) in [4.78, 5) is 11.1. The molecule has 2 aliphatic rings. The number of anilines is 1. The van der Waals surface area contributed by atoms with Gasteiger partial charge in [-0.25, -0.2) is 4.98 Å². The third kappa shape index (κ3) is 5.08. The predicted octanol–water partition coefficient (Wildman–Crippen LogP) is 1.54. The number of nitrogens with zero attached hydrogens (tertiary/aromatic N) is 3. The van der Waals surface area contributed by atoms with Gasteiger partial charge in [0.1, 0.15) is 5.82 Å². The molecule has 0 bridgehead atoms. The molecule has 7 nitrogen and oxygen atoms in total. The molecular formula is C19H31N5O2. The lowest BCUT2D eigenvalue weighted by Gasteiger charge is -2.32. The maximum absolute atomic E-state index is 5.82. The van der Waals surface area contributed by atoms with Crippen molar-refractivity contribution in [2.24, 2.45) is 4.99 Å². The summed E-state index contributed by atoms with van der Waals surface area (Å²) in [6.45, 7) is 9.09. The van der Waals surface area contributed by atoms with Gasteiger partial charge in [0.25, 0.3) is 0 Å². The van der Waals surface area contributed by atoms with Crippen molar-refractivity contribution in [3.8, 4) is 0 Å². The van der Waals surface area contributed by atoms with E-state index in [0.717, 1.165) is 57.5 Å². The van der Waals surface area contributed by atoms with Crippen LogP contribution in [0.25, 0.3) is 0 Å². The van der Waals surface area contributed by atoms with Gasteiger partial charge in [-0.1, -0.05) is 0 Å². The molecule has 2 unspecified atom stereocenters. The summed E-state index contributed by atoms with van der Waals surface area (Å²) >= 11 is 0. The molecule has 3 rings (SSSR count). The van der Waals surface area contributed by atoms with E-state index >= 15 is 0 Å². The van der Waals surface area contributed by atoms with E-state index in [-0.39, 0.29) is 11.7 Å².